The van der Waals surface area contributed by atoms with Crippen molar-refractivity contribution in [2.45, 2.75) is 18.9 Å². The smallest absolute Gasteiger partial charge is 0.326 e. The lowest BCUT2D eigenvalue weighted by Crippen LogP contribution is -2.49. The molecule has 28 heavy (non-hydrogen) atoms. The zero-order chi connectivity index (χ0) is 19.7. The van der Waals surface area contributed by atoms with E-state index in [2.05, 4.69) is 0 Å². The highest BCUT2D eigenvalue weighted by Gasteiger charge is 2.42. The van der Waals surface area contributed by atoms with Gasteiger partial charge >= 0.3 is 10.2 Å². The Labute approximate surface area is 165 Å². The Morgan fingerprint density at radius 2 is 1.57 bits per heavy atom. The van der Waals surface area contributed by atoms with Gasteiger partial charge in [-0.05, 0) is 36.6 Å². The fraction of sp³-hybridized carbons (Fsp3) is 0.286. The van der Waals surface area contributed by atoms with Crippen LogP contribution in [-0.2, 0) is 15.0 Å². The second kappa shape index (κ2) is 7.31. The normalized spacial score (nSPS) is 19.2. The first-order valence-electron chi connectivity index (χ1n) is 9.38. The van der Waals surface area contributed by atoms with Crippen molar-refractivity contribution < 1.29 is 13.2 Å². The predicted octanol–water partition coefficient (Wildman–Crippen LogP) is 2.89. The highest BCUT2D eigenvalue weighted by molar-refractivity contribution is 7.94. The van der Waals surface area contributed by atoms with Crippen molar-refractivity contribution in [2.24, 2.45) is 0 Å². The summed E-state index contributed by atoms with van der Waals surface area (Å²) in [6.07, 6.45) is 4.63. The second-order valence-corrected chi connectivity index (χ2v) is 8.90. The van der Waals surface area contributed by atoms with Crippen LogP contribution in [0.25, 0.3) is 6.08 Å². The molecule has 0 N–H and O–H groups in total. The van der Waals surface area contributed by atoms with Crippen molar-refractivity contribution in [3.8, 4) is 0 Å². The van der Waals surface area contributed by atoms with Crippen LogP contribution >= 0.6 is 0 Å². The van der Waals surface area contributed by atoms with Crippen LogP contribution in [0.15, 0.2) is 60.7 Å². The van der Waals surface area contributed by atoms with Crippen LogP contribution in [0, 0.1) is 0 Å². The Morgan fingerprint density at radius 1 is 0.964 bits per heavy atom. The number of carbonyl (C=O) groups is 1. The lowest BCUT2D eigenvalue weighted by molar-refractivity contribution is -0.126. The van der Waals surface area contributed by atoms with Crippen LogP contribution in [0.1, 0.15) is 18.4 Å². The van der Waals surface area contributed by atoms with E-state index in [1.807, 2.05) is 60.7 Å². The minimum absolute atomic E-state index is 0.0379. The van der Waals surface area contributed by atoms with Gasteiger partial charge in [-0.3, -0.25) is 9.10 Å². The number of likely N-dealkylation sites (tertiary alicyclic amines) is 1. The van der Waals surface area contributed by atoms with E-state index in [9.17, 15) is 13.2 Å². The molecule has 0 bridgehead atoms. The molecule has 2 aromatic rings. The number of hydrogen-bond acceptors (Lipinski definition) is 3. The molecule has 146 valence electrons. The standard InChI is InChI=1S/C21H23N3O3S/c1-22-19-9-5-6-10-20(19)24(28(22,26)27)18-13-15-23(16-14-18)21(25)12-11-17-7-3-2-4-8-17/h2-12,18H,13-16H2,1H3/b12-11+. The summed E-state index contributed by atoms with van der Waals surface area (Å²) < 4.78 is 28.6. The molecule has 6 nitrogen and oxygen atoms in total. The number of rotatable bonds is 3. The monoisotopic (exact) mass is 397 g/mol. The number of carbonyl (C=O) groups excluding carboxylic acids is 1. The average molecular weight is 398 g/mol. The van der Waals surface area contributed by atoms with Gasteiger partial charge in [-0.2, -0.15) is 8.42 Å². The summed E-state index contributed by atoms with van der Waals surface area (Å²) in [4.78, 5) is 14.3. The molecule has 1 saturated heterocycles. The van der Waals surface area contributed by atoms with Gasteiger partial charge in [-0.1, -0.05) is 42.5 Å². The minimum atomic E-state index is -3.56. The first-order chi connectivity index (χ1) is 13.5. The van der Waals surface area contributed by atoms with Gasteiger partial charge in [0.1, 0.15) is 0 Å². The van der Waals surface area contributed by atoms with E-state index >= 15 is 0 Å². The number of piperidine rings is 1. The molecule has 0 aromatic heterocycles. The quantitative estimate of drug-likeness (QED) is 0.749. The molecule has 7 heteroatoms. The molecule has 0 unspecified atom stereocenters. The number of para-hydroxylation sites is 2. The average Bonchev–Trinajstić information content (AvgIpc) is 2.93. The van der Waals surface area contributed by atoms with Crippen LogP contribution in [-0.4, -0.2) is 45.4 Å². The van der Waals surface area contributed by atoms with Crippen molar-refractivity contribution in [2.75, 3.05) is 28.7 Å². The maximum Gasteiger partial charge on any atom is 0.326 e. The van der Waals surface area contributed by atoms with Gasteiger partial charge in [0.05, 0.1) is 17.4 Å². The third-order valence-corrected chi connectivity index (χ3v) is 7.26. The van der Waals surface area contributed by atoms with Crippen LogP contribution < -0.4 is 8.61 Å². The third kappa shape index (κ3) is 3.26. The molecule has 2 aliphatic rings. The molecule has 0 saturated carbocycles. The molecular weight excluding hydrogens is 374 g/mol. The summed E-state index contributed by atoms with van der Waals surface area (Å²) in [5, 5.41) is 0. The van der Waals surface area contributed by atoms with E-state index in [0.29, 0.717) is 31.6 Å². The number of amides is 1. The predicted molar refractivity (Wildman–Crippen MR) is 111 cm³/mol. The molecule has 2 heterocycles. The molecule has 4 rings (SSSR count). The highest BCUT2D eigenvalue weighted by atomic mass is 32.2. The molecule has 1 fully saturated rings. The second-order valence-electron chi connectivity index (χ2n) is 7.06. The Bertz CT molecular complexity index is 997. The van der Waals surface area contributed by atoms with Crippen LogP contribution in [0.2, 0.25) is 0 Å². The van der Waals surface area contributed by atoms with E-state index < -0.39 is 10.2 Å². The maximum atomic E-state index is 12.9. The van der Waals surface area contributed by atoms with E-state index in [4.69, 9.17) is 0 Å². The summed E-state index contributed by atoms with van der Waals surface area (Å²) in [5.74, 6) is -0.0379. The lowest BCUT2D eigenvalue weighted by atomic mass is 10.0. The zero-order valence-corrected chi connectivity index (χ0v) is 16.5. The van der Waals surface area contributed by atoms with Crippen molar-refractivity contribution in [1.29, 1.82) is 0 Å². The molecule has 0 atom stereocenters. The first kappa shape index (κ1) is 18.6. The number of benzene rings is 2. The molecule has 2 aliphatic heterocycles. The van der Waals surface area contributed by atoms with Crippen molar-refractivity contribution in [3.63, 3.8) is 0 Å². The summed E-state index contributed by atoms with van der Waals surface area (Å²) in [6, 6.07) is 16.9. The molecule has 2 aromatic carbocycles. The van der Waals surface area contributed by atoms with Gasteiger partial charge in [0.25, 0.3) is 0 Å². The van der Waals surface area contributed by atoms with Crippen molar-refractivity contribution in [1.82, 2.24) is 4.90 Å². The van der Waals surface area contributed by atoms with E-state index in [0.717, 1.165) is 11.3 Å². The third-order valence-electron chi connectivity index (χ3n) is 5.38. The number of hydrogen-bond donors (Lipinski definition) is 0. The van der Waals surface area contributed by atoms with Gasteiger partial charge in [0.2, 0.25) is 5.91 Å². The number of anilines is 2. The Balaban J connectivity index is 1.44. The van der Waals surface area contributed by atoms with Crippen LogP contribution in [0.5, 0.6) is 0 Å². The van der Waals surface area contributed by atoms with Gasteiger partial charge in [-0.15, -0.1) is 0 Å². The summed E-state index contributed by atoms with van der Waals surface area (Å²) in [5.41, 5.74) is 2.40. The van der Waals surface area contributed by atoms with Crippen LogP contribution in [0.4, 0.5) is 11.4 Å². The zero-order valence-electron chi connectivity index (χ0n) is 15.7. The van der Waals surface area contributed by atoms with Gasteiger partial charge < -0.3 is 4.90 Å². The van der Waals surface area contributed by atoms with Gasteiger partial charge in [0, 0.05) is 26.2 Å². The topological polar surface area (TPSA) is 60.9 Å². The Hall–Kier alpha value is -2.80. The Morgan fingerprint density at radius 3 is 2.25 bits per heavy atom. The Kier molecular flexibility index (Phi) is 4.85. The molecule has 0 aliphatic carbocycles. The fourth-order valence-electron chi connectivity index (χ4n) is 3.84. The minimum Gasteiger partial charge on any atom is -0.339 e. The molecular formula is C21H23N3O3S. The first-order valence-corrected chi connectivity index (χ1v) is 10.8. The van der Waals surface area contributed by atoms with E-state index in [1.54, 1.807) is 18.0 Å². The molecule has 1 amide bonds. The lowest BCUT2D eigenvalue weighted by Gasteiger charge is -2.36. The van der Waals surface area contributed by atoms with Crippen LogP contribution in [0.3, 0.4) is 0 Å². The van der Waals surface area contributed by atoms with Gasteiger partial charge in [0.15, 0.2) is 0 Å². The summed E-state index contributed by atoms with van der Waals surface area (Å²) in [6.45, 7) is 1.08. The largest absolute Gasteiger partial charge is 0.339 e. The van der Waals surface area contributed by atoms with E-state index in [-0.39, 0.29) is 11.9 Å². The van der Waals surface area contributed by atoms with Crippen molar-refractivity contribution in [3.05, 3.63) is 66.2 Å². The van der Waals surface area contributed by atoms with E-state index in [1.165, 1.54) is 8.61 Å². The highest BCUT2D eigenvalue weighted by Crippen LogP contribution is 2.42. The van der Waals surface area contributed by atoms with Gasteiger partial charge in [-0.25, -0.2) is 4.31 Å². The van der Waals surface area contributed by atoms with Crippen molar-refractivity contribution >= 4 is 33.6 Å². The molecule has 0 radical (unpaired) electrons. The maximum absolute atomic E-state index is 12.9. The summed E-state index contributed by atoms with van der Waals surface area (Å²) >= 11 is 0. The summed E-state index contributed by atoms with van der Waals surface area (Å²) in [7, 11) is -1.97. The SMILES string of the molecule is CN1c2ccccc2N(C2CCN(C(=O)/C=C/c3ccccc3)CC2)S1(=O)=O. The fourth-order valence-corrected chi connectivity index (χ4v) is 5.50. The molecule has 0 spiro atoms. The number of nitrogens with zero attached hydrogens (tertiary/aromatic N) is 3. The number of fused-ring (bicyclic) bond motifs is 1.